The van der Waals surface area contributed by atoms with E-state index < -0.39 is 101 Å². The van der Waals surface area contributed by atoms with Gasteiger partial charge in [0.1, 0.15) is 11.7 Å². The van der Waals surface area contributed by atoms with Crippen molar-refractivity contribution in [2.45, 2.75) is 219 Å². The Balaban J connectivity index is 0.000000294. The van der Waals surface area contributed by atoms with E-state index in [0.717, 1.165) is 58.3 Å². The van der Waals surface area contributed by atoms with Crippen molar-refractivity contribution in [3.05, 3.63) is 22.8 Å². The fourth-order valence-corrected chi connectivity index (χ4v) is 11.7. The van der Waals surface area contributed by atoms with Crippen molar-refractivity contribution in [1.29, 1.82) is 0 Å². The number of carbonyl (C=O) groups is 6. The maximum absolute atomic E-state index is 13.3. The van der Waals surface area contributed by atoms with Crippen molar-refractivity contribution in [2.24, 2.45) is 29.6 Å². The van der Waals surface area contributed by atoms with Crippen LogP contribution in [0.1, 0.15) is 160 Å². The number of hydrogen-bond donors (Lipinski definition) is 2. The summed E-state index contributed by atoms with van der Waals surface area (Å²) in [5.41, 5.74) is -6.73. The molecule has 15 atom stereocenters. The second-order valence-electron chi connectivity index (χ2n) is 20.2. The minimum atomic E-state index is -2.57. The Kier molecular flexibility index (Phi) is 15.3. The Labute approximate surface area is 387 Å². The lowest BCUT2D eigenvalue weighted by Crippen LogP contribution is -2.69. The van der Waals surface area contributed by atoms with Crippen molar-refractivity contribution in [3.8, 4) is 0 Å². The monoisotopic (exact) mass is 932 g/mol. The Bertz CT molecular complexity index is 1960. The van der Waals surface area contributed by atoms with Crippen LogP contribution in [-0.4, -0.2) is 105 Å². The number of unbranched alkanes of at least 4 members (excludes halogenated alkanes) is 4. The zero-order chi connectivity index (χ0) is 48.7. The van der Waals surface area contributed by atoms with Crippen LogP contribution >= 0.6 is 0 Å². The molecule has 2 saturated carbocycles. The van der Waals surface area contributed by atoms with E-state index in [9.17, 15) is 39.0 Å². The van der Waals surface area contributed by atoms with E-state index in [-0.39, 0.29) is 47.4 Å². The quantitative estimate of drug-likeness (QED) is 0.0514. The number of esters is 6. The van der Waals surface area contributed by atoms with Gasteiger partial charge in [-0.15, -0.1) is 0 Å². The van der Waals surface area contributed by atoms with Crippen LogP contribution in [-0.2, 0) is 71.7 Å². The highest BCUT2D eigenvalue weighted by molar-refractivity contribution is 5.88. The van der Waals surface area contributed by atoms with E-state index in [1.54, 1.807) is 33.8 Å². The lowest BCUT2D eigenvalue weighted by Gasteiger charge is -2.57. The number of rotatable bonds is 13. The number of ether oxygens (including phenoxy) is 7. The summed E-state index contributed by atoms with van der Waals surface area (Å²) in [6, 6.07) is 0. The Morgan fingerprint density at radius 1 is 0.833 bits per heavy atom. The summed E-state index contributed by atoms with van der Waals surface area (Å²) in [5.74, 6) is -5.16. The fourth-order valence-electron chi connectivity index (χ4n) is 11.7. The number of hydrogen-bond acceptors (Lipinski definition) is 17. The highest BCUT2D eigenvalue weighted by Gasteiger charge is 2.76. The molecule has 17 heteroatoms. The smallest absolute Gasteiger partial charge is 0.341 e. The molecule has 1 spiro atoms. The average Bonchev–Trinajstić information content (AvgIpc) is 3.41. The summed E-state index contributed by atoms with van der Waals surface area (Å²) in [5, 5.41) is 23.9. The third kappa shape index (κ3) is 9.07. The molecule has 0 unspecified atom stereocenters. The highest BCUT2D eigenvalue weighted by atomic mass is 17.3. The van der Waals surface area contributed by atoms with Crippen LogP contribution in [0.25, 0.3) is 0 Å². The number of aliphatic hydroxyl groups is 2. The third-order valence-electron chi connectivity index (χ3n) is 15.5. The minimum absolute atomic E-state index is 0.0234. The molecule has 8 aliphatic rings. The molecule has 0 aromatic heterocycles. The molecule has 5 saturated heterocycles. The van der Waals surface area contributed by atoms with Crippen LogP contribution in [0.3, 0.4) is 0 Å². The fraction of sp³-hybridized carbons (Fsp3) is 0.796. The molecule has 3 aliphatic carbocycles. The average molecular weight is 933 g/mol. The van der Waals surface area contributed by atoms with E-state index >= 15 is 0 Å². The molecule has 66 heavy (non-hydrogen) atoms. The van der Waals surface area contributed by atoms with Crippen molar-refractivity contribution < 1.29 is 81.9 Å². The van der Waals surface area contributed by atoms with E-state index in [2.05, 4.69) is 13.8 Å². The standard InChI is InChI=1S/C34H50O12.C15H22O5/c1-9-12-13-14-15-17-24(37)43-28-26-25(20(5)27(28)44-30(38)19(4)11-3)29-34(41,33(8,40)31(39)45-29)22(42-23(36)16-10-2)18-32(26,7)46-21(6)35;1-8-4-5-11-9(2)12(16)17-13-15(11)10(8)6-7-14(3,18-13)19-20-15/h11,22,26-29,40-41H,9-10,12-18H2,1-8H3;8-11,13H,4-7H2,1-3H3/b19-11-;/t22-,26+,27-,28-,29-,32-,33+,34+;8-,9-,10+,11+,13-,14+,15-/m01/s1. The van der Waals surface area contributed by atoms with Gasteiger partial charge in [-0.3, -0.25) is 19.2 Å². The van der Waals surface area contributed by atoms with Gasteiger partial charge in [0.2, 0.25) is 12.1 Å². The molecule has 0 radical (unpaired) electrons. The first-order chi connectivity index (χ1) is 31.0. The molecule has 0 amide bonds. The summed E-state index contributed by atoms with van der Waals surface area (Å²) >= 11 is 0. The van der Waals surface area contributed by atoms with Crippen molar-refractivity contribution in [1.82, 2.24) is 0 Å². The van der Waals surface area contributed by atoms with E-state index in [1.807, 2.05) is 13.8 Å². The lowest BCUT2D eigenvalue weighted by atomic mass is 9.58. The molecule has 5 heterocycles. The molecule has 0 aromatic carbocycles. The van der Waals surface area contributed by atoms with Crippen LogP contribution in [0.5, 0.6) is 0 Å². The molecule has 8 rings (SSSR count). The Morgan fingerprint density at radius 2 is 1.52 bits per heavy atom. The topological polar surface area (TPSA) is 226 Å². The molecule has 2 N–H and O–H groups in total. The number of carbonyl (C=O) groups excluding carboxylic acids is 6. The lowest BCUT2D eigenvalue weighted by molar-refractivity contribution is -0.559. The van der Waals surface area contributed by atoms with Crippen LogP contribution in [0.15, 0.2) is 22.8 Å². The zero-order valence-electron chi connectivity index (χ0n) is 40.6. The van der Waals surface area contributed by atoms with Gasteiger partial charge in [0.25, 0.3) is 0 Å². The van der Waals surface area contributed by atoms with Gasteiger partial charge in [0.05, 0.1) is 11.8 Å². The largest absolute Gasteiger partial charge is 0.459 e. The second kappa shape index (κ2) is 19.6. The first-order valence-electron chi connectivity index (χ1n) is 24.0. The van der Waals surface area contributed by atoms with Crippen LogP contribution in [0.4, 0.5) is 0 Å². The predicted octanol–water partition coefficient (Wildman–Crippen LogP) is 6.32. The van der Waals surface area contributed by atoms with Gasteiger partial charge in [-0.05, 0) is 90.7 Å². The van der Waals surface area contributed by atoms with Gasteiger partial charge in [-0.2, -0.15) is 0 Å². The van der Waals surface area contributed by atoms with Crippen molar-refractivity contribution in [2.75, 3.05) is 0 Å². The Morgan fingerprint density at radius 3 is 2.17 bits per heavy atom. The first kappa shape index (κ1) is 51.5. The van der Waals surface area contributed by atoms with Gasteiger partial charge >= 0.3 is 35.8 Å². The normalized spacial score (nSPS) is 41.1. The molecule has 17 nitrogen and oxygen atoms in total. The third-order valence-corrected chi connectivity index (χ3v) is 15.5. The van der Waals surface area contributed by atoms with Gasteiger partial charge in [0.15, 0.2) is 35.1 Å². The highest BCUT2D eigenvalue weighted by Crippen LogP contribution is 2.60. The number of fused-ring (bicyclic) bond motifs is 5. The summed E-state index contributed by atoms with van der Waals surface area (Å²) in [7, 11) is 0. The predicted molar refractivity (Wildman–Crippen MR) is 232 cm³/mol. The van der Waals surface area contributed by atoms with Gasteiger partial charge in [-0.1, -0.05) is 59.5 Å². The van der Waals surface area contributed by atoms with Crippen LogP contribution in [0, 0.1) is 29.6 Å². The first-order valence-corrected chi connectivity index (χ1v) is 24.0. The minimum Gasteiger partial charge on any atom is -0.459 e. The molecule has 0 aromatic rings. The SMILES string of the molecule is C/C=C(/C)C(=O)O[C@H]1C(C)=C2[C@H]([C@@H]1OC(=O)CCCCCCC)[C@@](C)(OC(C)=O)C[C@H](OC(=O)CCC)[C@@]1(O)[C@H]2OC(=O)[C@@]1(C)O.C[C@@H]1CC[C@H]2[C@@H](C)C(=O)O[C@@H]3O[C@]4(C)CC[C@@H]1[C@]32OO4. The zero-order valence-corrected chi connectivity index (χ0v) is 40.6. The summed E-state index contributed by atoms with van der Waals surface area (Å²) < 4.78 is 40.9. The van der Waals surface area contributed by atoms with E-state index in [4.69, 9.17) is 42.9 Å². The molecule has 7 fully saturated rings. The summed E-state index contributed by atoms with van der Waals surface area (Å²) in [6.45, 7) is 18.5. The molecule has 2 bridgehead atoms. The van der Waals surface area contributed by atoms with Crippen molar-refractivity contribution in [3.63, 3.8) is 0 Å². The summed E-state index contributed by atoms with van der Waals surface area (Å²) in [4.78, 5) is 88.7. The number of allylic oxidation sites excluding steroid dienone is 1. The molecule has 370 valence electrons. The van der Waals surface area contributed by atoms with E-state index in [0.29, 0.717) is 24.7 Å². The van der Waals surface area contributed by atoms with E-state index in [1.165, 1.54) is 13.8 Å². The maximum Gasteiger partial charge on any atom is 0.341 e. The van der Waals surface area contributed by atoms with Crippen molar-refractivity contribution >= 4 is 35.8 Å². The molecular formula is C49H72O17. The van der Waals surface area contributed by atoms with Crippen LogP contribution < -0.4 is 0 Å². The van der Waals surface area contributed by atoms with Gasteiger partial charge < -0.3 is 43.4 Å². The maximum atomic E-state index is 13.3. The summed E-state index contributed by atoms with van der Waals surface area (Å²) in [6.07, 6.45) is 3.52. The Hall–Kier alpha value is -3.90. The molecular weight excluding hydrogens is 861 g/mol. The van der Waals surface area contributed by atoms with Gasteiger partial charge in [-0.25, -0.2) is 19.4 Å². The molecule has 5 aliphatic heterocycles. The second-order valence-corrected chi connectivity index (χ2v) is 20.2. The van der Waals surface area contributed by atoms with Gasteiger partial charge in [0, 0.05) is 50.0 Å². The van der Waals surface area contributed by atoms with Crippen LogP contribution in [0.2, 0.25) is 0 Å².